The van der Waals surface area contributed by atoms with Crippen molar-refractivity contribution in [1.29, 1.82) is 0 Å². The van der Waals surface area contributed by atoms with Crippen molar-refractivity contribution < 1.29 is 32.0 Å². The first-order valence-corrected chi connectivity index (χ1v) is 3.52. The van der Waals surface area contributed by atoms with Gasteiger partial charge in [0.05, 0.1) is 0 Å². The maximum atomic E-state index is 11.6. The SMILES string of the molecule is O=P(O)(O)OC(F)C(F)F.[LiH]. The molecule has 0 amide bonds. The second-order valence-electron chi connectivity index (χ2n) is 1.28. The summed E-state index contributed by atoms with van der Waals surface area (Å²) >= 11 is 0. The number of hydrogen-bond acceptors (Lipinski definition) is 2. The molecule has 1 unspecified atom stereocenters. The first kappa shape index (κ1) is 14.0. The molecular formula is C2H5F3LiO4P. The second-order valence-corrected chi connectivity index (χ2v) is 2.47. The van der Waals surface area contributed by atoms with Crippen LogP contribution in [0.2, 0.25) is 0 Å². The van der Waals surface area contributed by atoms with Crippen molar-refractivity contribution in [3.05, 3.63) is 0 Å². The van der Waals surface area contributed by atoms with E-state index in [0.29, 0.717) is 0 Å². The third kappa shape index (κ3) is 8.40. The van der Waals surface area contributed by atoms with Crippen LogP contribution in [0.5, 0.6) is 0 Å². The number of halogens is 3. The minimum atomic E-state index is -5.13. The Bertz CT molecular complexity index is 148. The number of phosphoric acid groups is 1. The van der Waals surface area contributed by atoms with Gasteiger partial charge in [-0.1, -0.05) is 0 Å². The van der Waals surface area contributed by atoms with E-state index in [0.717, 1.165) is 0 Å². The Morgan fingerprint density at radius 3 is 1.73 bits per heavy atom. The molecule has 0 aromatic carbocycles. The predicted molar refractivity (Wildman–Crippen MR) is 31.2 cm³/mol. The molecule has 0 saturated carbocycles. The summed E-state index contributed by atoms with van der Waals surface area (Å²) in [6.07, 6.45) is -6.78. The molecule has 0 bridgehead atoms. The average Bonchev–Trinajstić information content (AvgIpc) is 1.60. The molecular weight excluding hydrogens is 183 g/mol. The van der Waals surface area contributed by atoms with Gasteiger partial charge in [0.15, 0.2) is 0 Å². The van der Waals surface area contributed by atoms with E-state index < -0.39 is 20.6 Å². The van der Waals surface area contributed by atoms with Crippen molar-refractivity contribution in [3.8, 4) is 0 Å². The Kier molecular flexibility index (Phi) is 6.64. The van der Waals surface area contributed by atoms with Gasteiger partial charge in [0.1, 0.15) is 0 Å². The summed E-state index contributed by atoms with van der Waals surface area (Å²) in [5, 5.41) is 0. The van der Waals surface area contributed by atoms with Gasteiger partial charge in [-0.2, -0.15) is 0 Å². The van der Waals surface area contributed by atoms with Crippen LogP contribution in [0, 0.1) is 0 Å². The molecule has 0 aromatic heterocycles. The first-order chi connectivity index (χ1) is 4.33. The summed E-state index contributed by atoms with van der Waals surface area (Å²) in [4.78, 5) is 15.5. The van der Waals surface area contributed by atoms with Gasteiger partial charge in [0, 0.05) is 0 Å². The molecule has 0 aliphatic carbocycles. The predicted octanol–water partition coefficient (Wildman–Crippen LogP) is 0.00790. The van der Waals surface area contributed by atoms with Gasteiger partial charge in [-0.3, -0.25) is 0 Å². The zero-order valence-electron chi connectivity index (χ0n) is 4.45. The molecule has 9 heteroatoms. The zero-order chi connectivity index (χ0) is 8.36. The number of alkyl halides is 3. The first-order valence-electron chi connectivity index (χ1n) is 1.99. The number of rotatable bonds is 3. The van der Waals surface area contributed by atoms with Gasteiger partial charge in [-0.05, 0) is 0 Å². The quantitative estimate of drug-likeness (QED) is 0.483. The maximum absolute atomic E-state index is 11.6. The molecule has 0 spiro atoms. The zero-order valence-corrected chi connectivity index (χ0v) is 5.34. The second kappa shape index (κ2) is 5.20. The molecule has 0 saturated heterocycles. The summed E-state index contributed by atoms with van der Waals surface area (Å²) in [5.41, 5.74) is 0. The van der Waals surface area contributed by atoms with E-state index in [1.165, 1.54) is 0 Å². The van der Waals surface area contributed by atoms with E-state index in [9.17, 15) is 17.7 Å². The summed E-state index contributed by atoms with van der Waals surface area (Å²) in [6.45, 7) is 0. The van der Waals surface area contributed by atoms with Crippen molar-refractivity contribution in [1.82, 2.24) is 0 Å². The third-order valence-corrected chi connectivity index (χ3v) is 0.912. The summed E-state index contributed by atoms with van der Waals surface area (Å²) in [7, 11) is -5.13. The fourth-order valence-corrected chi connectivity index (χ4v) is 0.532. The molecule has 0 aliphatic heterocycles. The van der Waals surface area contributed by atoms with Gasteiger partial charge in [-0.25, -0.2) is 22.3 Å². The van der Waals surface area contributed by atoms with Crippen LogP contribution in [0.4, 0.5) is 13.2 Å². The van der Waals surface area contributed by atoms with Crippen LogP contribution in [0.1, 0.15) is 0 Å². The van der Waals surface area contributed by atoms with Crippen LogP contribution in [-0.4, -0.2) is 41.4 Å². The van der Waals surface area contributed by atoms with Crippen LogP contribution in [0.15, 0.2) is 0 Å². The van der Waals surface area contributed by atoms with E-state index >= 15 is 0 Å². The normalized spacial score (nSPS) is 14.4. The molecule has 0 radical (unpaired) electrons. The summed E-state index contributed by atoms with van der Waals surface area (Å²) < 4.78 is 46.4. The number of phosphoric ester groups is 1. The Morgan fingerprint density at radius 1 is 1.27 bits per heavy atom. The molecule has 0 heterocycles. The van der Waals surface area contributed by atoms with E-state index in [1.54, 1.807) is 0 Å². The molecule has 11 heavy (non-hydrogen) atoms. The van der Waals surface area contributed by atoms with Crippen molar-refractivity contribution in [2.75, 3.05) is 0 Å². The van der Waals surface area contributed by atoms with E-state index in [-0.39, 0.29) is 18.9 Å². The van der Waals surface area contributed by atoms with Crippen molar-refractivity contribution in [2.24, 2.45) is 0 Å². The van der Waals surface area contributed by atoms with Crippen LogP contribution in [0.3, 0.4) is 0 Å². The van der Waals surface area contributed by atoms with Gasteiger partial charge in [-0.15, -0.1) is 0 Å². The Morgan fingerprint density at radius 2 is 1.64 bits per heavy atom. The van der Waals surface area contributed by atoms with Crippen LogP contribution < -0.4 is 0 Å². The van der Waals surface area contributed by atoms with E-state index in [2.05, 4.69) is 4.52 Å². The molecule has 0 aliphatic rings. The average molecular weight is 188 g/mol. The topological polar surface area (TPSA) is 66.8 Å². The van der Waals surface area contributed by atoms with Gasteiger partial charge < -0.3 is 9.79 Å². The molecule has 4 nitrogen and oxygen atoms in total. The summed E-state index contributed by atoms with van der Waals surface area (Å²) in [6, 6.07) is 0. The molecule has 0 rings (SSSR count). The third-order valence-electron chi connectivity index (χ3n) is 0.436. The summed E-state index contributed by atoms with van der Waals surface area (Å²) in [5.74, 6) is 0. The fraction of sp³-hybridized carbons (Fsp3) is 1.00. The van der Waals surface area contributed by atoms with Gasteiger partial charge in [0.25, 0.3) is 12.8 Å². The minimum absolute atomic E-state index is 0. The Hall–Kier alpha value is 0.497. The van der Waals surface area contributed by atoms with Crippen molar-refractivity contribution in [3.63, 3.8) is 0 Å². The number of hydrogen-bond donors (Lipinski definition) is 2. The standard InChI is InChI=1S/C2H4F3O4P.Li.H/c3-1(4)2(5)9-10(6,7)8;;/h1-2H,(H2,6,7,8);;. The molecule has 64 valence electrons. The molecule has 1 atom stereocenters. The fourth-order valence-electron chi connectivity index (χ4n) is 0.177. The van der Waals surface area contributed by atoms with Crippen molar-refractivity contribution >= 4 is 26.7 Å². The van der Waals surface area contributed by atoms with E-state index in [1.807, 2.05) is 0 Å². The van der Waals surface area contributed by atoms with Crippen LogP contribution in [0.25, 0.3) is 0 Å². The monoisotopic (exact) mass is 188 g/mol. The van der Waals surface area contributed by atoms with Crippen LogP contribution >= 0.6 is 7.82 Å². The molecule has 2 N–H and O–H groups in total. The van der Waals surface area contributed by atoms with E-state index in [4.69, 9.17) is 9.79 Å². The molecule has 0 fully saturated rings. The van der Waals surface area contributed by atoms with Crippen molar-refractivity contribution in [2.45, 2.75) is 12.8 Å². The van der Waals surface area contributed by atoms with Crippen LogP contribution in [-0.2, 0) is 9.09 Å². The van der Waals surface area contributed by atoms with Gasteiger partial charge in [0.2, 0.25) is 0 Å². The Labute approximate surface area is 72.1 Å². The molecule has 0 aromatic rings. The van der Waals surface area contributed by atoms with Gasteiger partial charge >= 0.3 is 26.7 Å². The Balaban J connectivity index is 0.